The highest BCUT2D eigenvalue weighted by Gasteiger charge is 2.30. The second kappa shape index (κ2) is 11.1. The highest BCUT2D eigenvalue weighted by Crippen LogP contribution is 2.29. The van der Waals surface area contributed by atoms with Crippen molar-refractivity contribution in [3.63, 3.8) is 0 Å². The van der Waals surface area contributed by atoms with E-state index in [4.69, 9.17) is 4.74 Å². The molecular formula is C20H24F3N3O2S. The first-order chi connectivity index (χ1) is 13.8. The number of likely N-dealkylation sites (N-methyl/N-ethyl adjacent to an activating group) is 1. The monoisotopic (exact) mass is 427 g/mol. The van der Waals surface area contributed by atoms with Gasteiger partial charge in [0.25, 0.3) is 0 Å². The number of hydrogen-bond donors (Lipinski definition) is 1. The van der Waals surface area contributed by atoms with Gasteiger partial charge in [0.1, 0.15) is 12.4 Å². The Kier molecular flexibility index (Phi) is 8.78. The van der Waals surface area contributed by atoms with E-state index in [1.54, 1.807) is 18.2 Å². The Morgan fingerprint density at radius 1 is 1.17 bits per heavy atom. The lowest BCUT2D eigenvalue weighted by atomic mass is 10.3. The summed E-state index contributed by atoms with van der Waals surface area (Å²) in [6.45, 7) is 7.33. The molecule has 0 spiro atoms. The number of benzene rings is 1. The van der Waals surface area contributed by atoms with Crippen LogP contribution in [0.4, 0.5) is 18.9 Å². The van der Waals surface area contributed by atoms with Crippen molar-refractivity contribution < 1.29 is 22.7 Å². The zero-order chi connectivity index (χ0) is 21.3. The zero-order valence-electron chi connectivity index (χ0n) is 16.3. The van der Waals surface area contributed by atoms with Gasteiger partial charge < -0.3 is 15.0 Å². The second-order valence-corrected chi connectivity index (χ2v) is 7.09. The minimum atomic E-state index is -4.43. The maximum Gasteiger partial charge on any atom is 0.417 e. The number of thioether (sulfide) groups is 1. The fourth-order valence-electron chi connectivity index (χ4n) is 2.48. The lowest BCUT2D eigenvalue weighted by Crippen LogP contribution is -2.28. The number of nitrogens with one attached hydrogen (secondary N) is 1. The molecule has 1 N–H and O–H groups in total. The van der Waals surface area contributed by atoms with E-state index in [0.717, 1.165) is 43.7 Å². The molecule has 29 heavy (non-hydrogen) atoms. The summed E-state index contributed by atoms with van der Waals surface area (Å²) in [5, 5.41) is 3.12. The first kappa shape index (κ1) is 23.0. The maximum absolute atomic E-state index is 12.6. The van der Waals surface area contributed by atoms with E-state index in [0.29, 0.717) is 23.1 Å². The molecule has 1 amide bonds. The maximum atomic E-state index is 12.6. The molecule has 2 aromatic rings. The average molecular weight is 427 g/mol. The number of anilines is 1. The molecule has 0 atom stereocenters. The number of alkyl halides is 3. The van der Waals surface area contributed by atoms with Gasteiger partial charge in [0.05, 0.1) is 22.0 Å². The van der Waals surface area contributed by atoms with Crippen LogP contribution in [0.25, 0.3) is 0 Å². The number of pyridine rings is 1. The highest BCUT2D eigenvalue weighted by molar-refractivity contribution is 7.99. The summed E-state index contributed by atoms with van der Waals surface area (Å²) in [5.41, 5.74) is -0.264. The minimum Gasteiger partial charge on any atom is -0.490 e. The Bertz CT molecular complexity index is 781. The van der Waals surface area contributed by atoms with Crippen molar-refractivity contribution in [3.05, 3.63) is 48.2 Å². The number of carbonyl (C=O) groups is 1. The van der Waals surface area contributed by atoms with Gasteiger partial charge in [-0.15, -0.1) is 0 Å². The van der Waals surface area contributed by atoms with Gasteiger partial charge in [0.2, 0.25) is 5.91 Å². The number of ether oxygens (including phenoxy) is 1. The van der Waals surface area contributed by atoms with E-state index < -0.39 is 11.7 Å². The van der Waals surface area contributed by atoms with Crippen molar-refractivity contribution in [2.75, 3.05) is 37.3 Å². The Morgan fingerprint density at radius 2 is 1.90 bits per heavy atom. The summed E-state index contributed by atoms with van der Waals surface area (Å²) >= 11 is 1.06. The van der Waals surface area contributed by atoms with Crippen LogP contribution in [0.3, 0.4) is 0 Å². The van der Waals surface area contributed by atoms with Crippen LogP contribution >= 0.6 is 11.8 Å². The molecule has 5 nitrogen and oxygen atoms in total. The van der Waals surface area contributed by atoms with Gasteiger partial charge in [-0.2, -0.15) is 13.2 Å². The molecule has 0 radical (unpaired) electrons. The van der Waals surface area contributed by atoms with Crippen molar-refractivity contribution in [2.24, 2.45) is 0 Å². The third kappa shape index (κ3) is 7.58. The number of aromatic nitrogens is 1. The smallest absolute Gasteiger partial charge is 0.417 e. The molecule has 0 aliphatic rings. The topological polar surface area (TPSA) is 54.5 Å². The highest BCUT2D eigenvalue weighted by atomic mass is 32.2. The predicted octanol–water partition coefficient (Wildman–Crippen LogP) is 4.55. The molecule has 0 unspecified atom stereocenters. The second-order valence-electron chi connectivity index (χ2n) is 6.09. The predicted molar refractivity (Wildman–Crippen MR) is 108 cm³/mol. The van der Waals surface area contributed by atoms with Crippen LogP contribution in [0.5, 0.6) is 5.75 Å². The molecule has 0 aliphatic carbocycles. The van der Waals surface area contributed by atoms with E-state index in [-0.39, 0.29) is 11.7 Å². The third-order valence-corrected chi connectivity index (χ3v) is 5.08. The molecule has 9 heteroatoms. The van der Waals surface area contributed by atoms with Gasteiger partial charge in [-0.25, -0.2) is 4.98 Å². The molecule has 0 bridgehead atoms. The number of amides is 1. The number of halogens is 3. The van der Waals surface area contributed by atoms with Gasteiger partial charge in [-0.1, -0.05) is 37.7 Å². The first-order valence-corrected chi connectivity index (χ1v) is 10.2. The lowest BCUT2D eigenvalue weighted by molar-refractivity contribution is -0.137. The lowest BCUT2D eigenvalue weighted by Gasteiger charge is -2.19. The summed E-state index contributed by atoms with van der Waals surface area (Å²) in [5.74, 6) is 0.300. The number of para-hydroxylation sites is 2. The van der Waals surface area contributed by atoms with Gasteiger partial charge in [-0.3, -0.25) is 4.79 Å². The van der Waals surface area contributed by atoms with Gasteiger partial charge >= 0.3 is 6.18 Å². The largest absolute Gasteiger partial charge is 0.490 e. The van der Waals surface area contributed by atoms with Crippen LogP contribution in [0.1, 0.15) is 19.4 Å². The van der Waals surface area contributed by atoms with E-state index in [1.165, 1.54) is 6.07 Å². The standard InChI is InChI=1S/C20H24F3N3O2S/c1-3-26(4-2)11-12-28-17-8-6-5-7-16(17)25-18(27)14-29-19-10-9-15(13-24-19)20(21,22)23/h5-10,13H,3-4,11-12,14H2,1-2H3,(H,25,27). The van der Waals surface area contributed by atoms with Crippen LogP contribution in [0.15, 0.2) is 47.6 Å². The van der Waals surface area contributed by atoms with E-state index in [2.05, 4.69) is 29.0 Å². The minimum absolute atomic E-state index is 0.0200. The van der Waals surface area contributed by atoms with E-state index in [1.807, 2.05) is 6.07 Å². The van der Waals surface area contributed by atoms with Crippen molar-refractivity contribution in [1.82, 2.24) is 9.88 Å². The molecule has 1 aromatic carbocycles. The van der Waals surface area contributed by atoms with E-state index >= 15 is 0 Å². The van der Waals surface area contributed by atoms with Gasteiger partial charge in [0, 0.05) is 12.7 Å². The molecule has 1 heterocycles. The van der Waals surface area contributed by atoms with E-state index in [9.17, 15) is 18.0 Å². The number of hydrogen-bond acceptors (Lipinski definition) is 5. The van der Waals surface area contributed by atoms with Crippen molar-refractivity contribution in [2.45, 2.75) is 25.0 Å². The average Bonchev–Trinajstić information content (AvgIpc) is 2.70. The van der Waals surface area contributed by atoms with Crippen molar-refractivity contribution in [1.29, 1.82) is 0 Å². The Balaban J connectivity index is 1.87. The zero-order valence-corrected chi connectivity index (χ0v) is 17.1. The number of rotatable bonds is 10. The Labute approximate surface area is 172 Å². The fourth-order valence-corrected chi connectivity index (χ4v) is 3.12. The quantitative estimate of drug-likeness (QED) is 0.564. The van der Waals surface area contributed by atoms with Crippen molar-refractivity contribution >= 4 is 23.4 Å². The molecule has 0 saturated carbocycles. The normalized spacial score (nSPS) is 11.5. The number of carbonyl (C=O) groups excluding carboxylic acids is 1. The van der Waals surface area contributed by atoms with Crippen LogP contribution < -0.4 is 10.1 Å². The fraction of sp³-hybridized carbons (Fsp3) is 0.400. The summed E-state index contributed by atoms with van der Waals surface area (Å²) in [4.78, 5) is 18.2. The third-order valence-electron chi connectivity index (χ3n) is 4.14. The summed E-state index contributed by atoms with van der Waals surface area (Å²) in [7, 11) is 0. The Hall–Kier alpha value is -2.26. The molecule has 2 rings (SSSR count). The summed E-state index contributed by atoms with van der Waals surface area (Å²) in [6.07, 6.45) is -3.66. The van der Waals surface area contributed by atoms with Crippen LogP contribution in [-0.4, -0.2) is 47.8 Å². The molecule has 0 fully saturated rings. The molecular weight excluding hydrogens is 403 g/mol. The summed E-state index contributed by atoms with van der Waals surface area (Å²) < 4.78 is 43.5. The molecule has 1 aromatic heterocycles. The molecule has 0 saturated heterocycles. The molecule has 158 valence electrons. The van der Waals surface area contributed by atoms with Crippen LogP contribution in [-0.2, 0) is 11.0 Å². The van der Waals surface area contributed by atoms with Crippen LogP contribution in [0, 0.1) is 0 Å². The Morgan fingerprint density at radius 3 is 2.52 bits per heavy atom. The first-order valence-electron chi connectivity index (χ1n) is 9.23. The molecule has 0 aliphatic heterocycles. The summed E-state index contributed by atoms with van der Waals surface area (Å²) in [6, 6.07) is 9.34. The van der Waals surface area contributed by atoms with Gasteiger partial charge in [0.15, 0.2) is 0 Å². The van der Waals surface area contributed by atoms with Crippen molar-refractivity contribution in [3.8, 4) is 5.75 Å². The van der Waals surface area contributed by atoms with Gasteiger partial charge in [-0.05, 0) is 37.4 Å². The number of nitrogens with zero attached hydrogens (tertiary/aromatic N) is 2. The van der Waals surface area contributed by atoms with Crippen LogP contribution in [0.2, 0.25) is 0 Å². The SMILES string of the molecule is CCN(CC)CCOc1ccccc1NC(=O)CSc1ccc(C(F)(F)F)cn1.